The van der Waals surface area contributed by atoms with Gasteiger partial charge in [-0.25, -0.2) is 9.59 Å². The Balaban J connectivity index is 1.73. The minimum absolute atomic E-state index is 0.0824. The van der Waals surface area contributed by atoms with E-state index in [1.807, 2.05) is 6.92 Å². The molecule has 118 valence electrons. The number of piperazine rings is 1. The largest absolute Gasteiger partial charge is 0.480 e. The Kier molecular flexibility index (Phi) is 3.79. The molecule has 0 aromatic heterocycles. The van der Waals surface area contributed by atoms with Crippen LogP contribution in [0.5, 0.6) is 0 Å². The van der Waals surface area contributed by atoms with Crippen molar-refractivity contribution in [2.45, 2.75) is 50.4 Å². The Bertz CT molecular complexity index is 444. The molecule has 0 aromatic rings. The van der Waals surface area contributed by atoms with Gasteiger partial charge in [0.05, 0.1) is 6.10 Å². The van der Waals surface area contributed by atoms with Crippen molar-refractivity contribution in [1.29, 1.82) is 0 Å². The number of carboxylic acids is 1. The maximum absolute atomic E-state index is 12.7. The summed E-state index contributed by atoms with van der Waals surface area (Å²) >= 11 is 0. The van der Waals surface area contributed by atoms with E-state index in [1.54, 1.807) is 4.90 Å². The molecular formula is C14H23N3O4. The topological polar surface area (TPSA) is 84.3 Å². The van der Waals surface area contributed by atoms with Crippen LogP contribution in [0.15, 0.2) is 0 Å². The molecule has 0 spiro atoms. The lowest BCUT2D eigenvalue weighted by Crippen LogP contribution is -2.60. The van der Waals surface area contributed by atoms with Gasteiger partial charge in [-0.15, -0.1) is 0 Å². The molecule has 0 aliphatic carbocycles. The SMILES string of the molecule is CC1CN2CCCC2CN1C(=O)N1C[C@@H](O)C[C@H]1C(=O)O. The summed E-state index contributed by atoms with van der Waals surface area (Å²) in [7, 11) is 0. The normalized spacial score (nSPS) is 36.9. The predicted octanol–water partition coefficient (Wildman–Crippen LogP) is -0.205. The van der Waals surface area contributed by atoms with Gasteiger partial charge in [0.25, 0.3) is 0 Å². The lowest BCUT2D eigenvalue weighted by Gasteiger charge is -2.44. The van der Waals surface area contributed by atoms with Gasteiger partial charge in [-0.05, 0) is 26.3 Å². The predicted molar refractivity (Wildman–Crippen MR) is 74.9 cm³/mol. The van der Waals surface area contributed by atoms with E-state index in [1.165, 1.54) is 11.3 Å². The fourth-order valence-electron chi connectivity index (χ4n) is 3.88. The van der Waals surface area contributed by atoms with Gasteiger partial charge < -0.3 is 20.0 Å². The molecule has 21 heavy (non-hydrogen) atoms. The zero-order valence-corrected chi connectivity index (χ0v) is 12.3. The third kappa shape index (κ3) is 2.60. The molecule has 0 radical (unpaired) electrons. The molecule has 0 saturated carbocycles. The van der Waals surface area contributed by atoms with E-state index >= 15 is 0 Å². The number of likely N-dealkylation sites (tertiary alicyclic amines) is 1. The molecule has 3 heterocycles. The lowest BCUT2D eigenvalue weighted by atomic mass is 10.1. The molecule has 4 atom stereocenters. The number of nitrogens with zero attached hydrogens (tertiary/aromatic N) is 3. The number of carboxylic acid groups (broad SMARTS) is 1. The number of carbonyl (C=O) groups is 2. The van der Waals surface area contributed by atoms with Crippen molar-refractivity contribution >= 4 is 12.0 Å². The van der Waals surface area contributed by atoms with Gasteiger partial charge in [0.1, 0.15) is 6.04 Å². The third-order valence-corrected chi connectivity index (χ3v) is 4.99. The molecule has 3 fully saturated rings. The first-order chi connectivity index (χ1) is 9.97. The summed E-state index contributed by atoms with van der Waals surface area (Å²) < 4.78 is 0. The summed E-state index contributed by atoms with van der Waals surface area (Å²) in [6.07, 6.45) is 1.65. The first-order valence-electron chi connectivity index (χ1n) is 7.69. The third-order valence-electron chi connectivity index (χ3n) is 4.99. The molecule has 2 amide bonds. The molecule has 2 N–H and O–H groups in total. The summed E-state index contributed by atoms with van der Waals surface area (Å²) in [6, 6.07) is -0.653. The fourth-order valence-corrected chi connectivity index (χ4v) is 3.88. The lowest BCUT2D eigenvalue weighted by molar-refractivity contribution is -0.141. The number of urea groups is 1. The zero-order valence-electron chi connectivity index (χ0n) is 12.3. The van der Waals surface area contributed by atoms with Crippen molar-refractivity contribution in [2.75, 3.05) is 26.2 Å². The van der Waals surface area contributed by atoms with Crippen LogP contribution in [-0.4, -0.2) is 87.3 Å². The molecule has 0 bridgehead atoms. The molecule has 3 aliphatic rings. The number of aliphatic carboxylic acids is 1. The van der Waals surface area contributed by atoms with Gasteiger partial charge in [-0.2, -0.15) is 0 Å². The van der Waals surface area contributed by atoms with Crippen molar-refractivity contribution in [2.24, 2.45) is 0 Å². The number of carbonyl (C=O) groups excluding carboxylic acids is 1. The monoisotopic (exact) mass is 297 g/mol. The smallest absolute Gasteiger partial charge is 0.326 e. The maximum atomic E-state index is 12.7. The zero-order chi connectivity index (χ0) is 15.1. The van der Waals surface area contributed by atoms with Gasteiger partial charge in [0.2, 0.25) is 0 Å². The molecule has 2 unspecified atom stereocenters. The van der Waals surface area contributed by atoms with Crippen LogP contribution in [0.2, 0.25) is 0 Å². The number of amides is 2. The Morgan fingerprint density at radius 1 is 1.14 bits per heavy atom. The van der Waals surface area contributed by atoms with E-state index in [2.05, 4.69) is 4.90 Å². The summed E-state index contributed by atoms with van der Waals surface area (Å²) in [5.41, 5.74) is 0. The van der Waals surface area contributed by atoms with Crippen molar-refractivity contribution < 1.29 is 19.8 Å². The van der Waals surface area contributed by atoms with Crippen molar-refractivity contribution in [1.82, 2.24) is 14.7 Å². The maximum Gasteiger partial charge on any atom is 0.326 e. The highest BCUT2D eigenvalue weighted by molar-refractivity contribution is 5.83. The summed E-state index contributed by atoms with van der Waals surface area (Å²) in [4.78, 5) is 29.5. The van der Waals surface area contributed by atoms with Gasteiger partial charge in [0, 0.05) is 38.1 Å². The summed E-state index contributed by atoms with van der Waals surface area (Å²) in [5, 5.41) is 18.9. The number of hydrogen-bond acceptors (Lipinski definition) is 4. The van der Waals surface area contributed by atoms with Crippen LogP contribution in [0.3, 0.4) is 0 Å². The van der Waals surface area contributed by atoms with Gasteiger partial charge in [0.15, 0.2) is 0 Å². The molecule has 7 heteroatoms. The van der Waals surface area contributed by atoms with Gasteiger partial charge >= 0.3 is 12.0 Å². The highest BCUT2D eigenvalue weighted by Gasteiger charge is 2.44. The van der Waals surface area contributed by atoms with Gasteiger partial charge in [-0.3, -0.25) is 4.90 Å². The Morgan fingerprint density at radius 3 is 2.62 bits per heavy atom. The molecule has 0 aromatic carbocycles. The quantitative estimate of drug-likeness (QED) is 0.700. The molecule has 7 nitrogen and oxygen atoms in total. The molecular weight excluding hydrogens is 274 g/mol. The summed E-state index contributed by atoms with van der Waals surface area (Å²) in [5.74, 6) is -1.04. The van der Waals surface area contributed by atoms with Crippen LogP contribution in [0.25, 0.3) is 0 Å². The van der Waals surface area contributed by atoms with Crippen LogP contribution in [0.4, 0.5) is 4.79 Å². The first kappa shape index (κ1) is 14.6. The van der Waals surface area contributed by atoms with Crippen LogP contribution in [0, 0.1) is 0 Å². The number of rotatable bonds is 1. The number of aliphatic hydroxyl groups is 1. The highest BCUT2D eigenvalue weighted by atomic mass is 16.4. The van der Waals surface area contributed by atoms with E-state index < -0.39 is 18.1 Å². The van der Waals surface area contributed by atoms with Crippen LogP contribution in [-0.2, 0) is 4.79 Å². The minimum atomic E-state index is -1.04. The van der Waals surface area contributed by atoms with Crippen LogP contribution >= 0.6 is 0 Å². The molecule has 3 rings (SSSR count). The Labute approximate surface area is 124 Å². The number of aliphatic hydroxyl groups excluding tert-OH is 1. The van der Waals surface area contributed by atoms with E-state index in [0.29, 0.717) is 12.6 Å². The average molecular weight is 297 g/mol. The number of hydrogen-bond donors (Lipinski definition) is 2. The van der Waals surface area contributed by atoms with Crippen LogP contribution < -0.4 is 0 Å². The van der Waals surface area contributed by atoms with Crippen LogP contribution in [0.1, 0.15) is 26.2 Å². The Morgan fingerprint density at radius 2 is 1.90 bits per heavy atom. The second kappa shape index (κ2) is 5.46. The summed E-state index contributed by atoms with van der Waals surface area (Å²) in [6.45, 7) is 4.74. The van der Waals surface area contributed by atoms with E-state index in [0.717, 1.165) is 19.5 Å². The fraction of sp³-hybridized carbons (Fsp3) is 0.857. The number of fused-ring (bicyclic) bond motifs is 1. The highest BCUT2D eigenvalue weighted by Crippen LogP contribution is 2.27. The standard InChI is InChI=1S/C14H23N3O4/c1-9-6-15-4-2-3-10(15)7-16(9)14(21)17-8-11(18)5-12(17)13(19)20/h9-12,18H,2-8H2,1H3,(H,19,20)/t9?,10?,11-,12-/m0/s1. The van der Waals surface area contributed by atoms with Gasteiger partial charge in [-0.1, -0.05) is 0 Å². The van der Waals surface area contributed by atoms with E-state index in [4.69, 9.17) is 0 Å². The van der Waals surface area contributed by atoms with E-state index in [-0.39, 0.29) is 25.0 Å². The average Bonchev–Trinajstić information content (AvgIpc) is 3.02. The first-order valence-corrected chi connectivity index (χ1v) is 7.69. The second-order valence-corrected chi connectivity index (χ2v) is 6.47. The van der Waals surface area contributed by atoms with Crippen molar-refractivity contribution in [3.8, 4) is 0 Å². The van der Waals surface area contributed by atoms with Crippen molar-refractivity contribution in [3.63, 3.8) is 0 Å². The molecule has 3 saturated heterocycles. The Hall–Kier alpha value is -1.34. The van der Waals surface area contributed by atoms with E-state index in [9.17, 15) is 19.8 Å². The number of β-amino-alcohol motifs (C(OH)–C–C–N with tert-alkyl or cyclic N) is 1. The van der Waals surface area contributed by atoms with Crippen molar-refractivity contribution in [3.05, 3.63) is 0 Å². The molecule has 3 aliphatic heterocycles. The minimum Gasteiger partial charge on any atom is -0.480 e. The second-order valence-electron chi connectivity index (χ2n) is 6.47.